The van der Waals surface area contributed by atoms with Gasteiger partial charge < -0.3 is 9.67 Å². The Labute approximate surface area is 117 Å². The van der Waals surface area contributed by atoms with Crippen LogP contribution in [0.5, 0.6) is 0 Å². The summed E-state index contributed by atoms with van der Waals surface area (Å²) in [7, 11) is 0. The van der Waals surface area contributed by atoms with E-state index in [0.29, 0.717) is 10.9 Å². The van der Waals surface area contributed by atoms with Gasteiger partial charge in [0.25, 0.3) is 0 Å². The second-order valence-corrected chi connectivity index (χ2v) is 4.88. The summed E-state index contributed by atoms with van der Waals surface area (Å²) in [5.41, 5.74) is 2.24. The second-order valence-electron chi connectivity index (χ2n) is 4.88. The van der Waals surface area contributed by atoms with E-state index in [1.54, 1.807) is 27.5 Å². The van der Waals surface area contributed by atoms with Gasteiger partial charge in [-0.2, -0.15) is 5.10 Å². The predicted molar refractivity (Wildman–Crippen MR) is 75.8 cm³/mol. The fourth-order valence-electron chi connectivity index (χ4n) is 2.86. The molecule has 0 aliphatic rings. The molecular weight excluding hydrogens is 273 g/mol. The van der Waals surface area contributed by atoms with Crippen LogP contribution in [0.25, 0.3) is 27.3 Å². The molecule has 0 atom stereocenters. The molecule has 0 amide bonds. The van der Waals surface area contributed by atoms with Crippen molar-refractivity contribution in [2.75, 3.05) is 0 Å². The summed E-state index contributed by atoms with van der Waals surface area (Å²) < 4.78 is 16.9. The molecule has 0 unspecified atom stereocenters. The zero-order valence-corrected chi connectivity index (χ0v) is 10.8. The first-order valence-electron chi connectivity index (χ1n) is 6.41. The van der Waals surface area contributed by atoms with Gasteiger partial charge in [-0.25, -0.2) is 8.91 Å². The lowest BCUT2D eigenvalue weighted by Gasteiger charge is -2.04. The molecule has 4 rings (SSSR count). The highest BCUT2D eigenvalue weighted by Crippen LogP contribution is 2.32. The SMILES string of the molecule is O=C(O)Cn1c2ccc(F)cc2c2ccn3nccc3c21. The number of aliphatic carboxylic acids is 1. The van der Waals surface area contributed by atoms with E-state index in [-0.39, 0.29) is 12.4 Å². The predicted octanol–water partition coefficient (Wildman–Crippen LogP) is 2.67. The summed E-state index contributed by atoms with van der Waals surface area (Å²) in [4.78, 5) is 11.2. The van der Waals surface area contributed by atoms with Crippen LogP contribution in [0.4, 0.5) is 4.39 Å². The van der Waals surface area contributed by atoms with Gasteiger partial charge in [0.2, 0.25) is 0 Å². The number of rotatable bonds is 2. The highest BCUT2D eigenvalue weighted by atomic mass is 19.1. The van der Waals surface area contributed by atoms with Crippen LogP contribution in [0, 0.1) is 5.82 Å². The van der Waals surface area contributed by atoms with Crippen LogP contribution in [-0.4, -0.2) is 25.3 Å². The van der Waals surface area contributed by atoms with Gasteiger partial charge in [0.1, 0.15) is 12.4 Å². The summed E-state index contributed by atoms with van der Waals surface area (Å²) in [6.07, 6.45) is 3.44. The molecule has 0 saturated heterocycles. The molecule has 21 heavy (non-hydrogen) atoms. The third kappa shape index (κ3) is 1.62. The molecule has 3 heterocycles. The zero-order valence-electron chi connectivity index (χ0n) is 10.8. The van der Waals surface area contributed by atoms with Crippen molar-refractivity contribution in [3.05, 3.63) is 48.5 Å². The maximum Gasteiger partial charge on any atom is 0.323 e. The molecule has 4 aromatic rings. The Balaban J connectivity index is 2.26. The first-order valence-corrected chi connectivity index (χ1v) is 6.41. The molecule has 6 heteroatoms. The Morgan fingerprint density at radius 3 is 2.86 bits per heavy atom. The van der Waals surface area contributed by atoms with Crippen molar-refractivity contribution in [1.82, 2.24) is 14.2 Å². The number of pyridine rings is 1. The quantitative estimate of drug-likeness (QED) is 0.615. The number of hydrogen-bond donors (Lipinski definition) is 1. The van der Waals surface area contributed by atoms with Gasteiger partial charge in [-0.3, -0.25) is 4.79 Å². The molecule has 0 saturated carbocycles. The van der Waals surface area contributed by atoms with E-state index in [9.17, 15) is 9.18 Å². The Morgan fingerprint density at radius 1 is 1.19 bits per heavy atom. The number of halogens is 1. The fourth-order valence-corrected chi connectivity index (χ4v) is 2.86. The van der Waals surface area contributed by atoms with Crippen molar-refractivity contribution in [2.45, 2.75) is 6.54 Å². The van der Waals surface area contributed by atoms with E-state index >= 15 is 0 Å². The molecule has 1 N–H and O–H groups in total. The Morgan fingerprint density at radius 2 is 2.05 bits per heavy atom. The number of carboxylic acid groups (broad SMARTS) is 1. The van der Waals surface area contributed by atoms with Crippen molar-refractivity contribution >= 4 is 33.3 Å². The van der Waals surface area contributed by atoms with Gasteiger partial charge in [-0.05, 0) is 30.3 Å². The Kier molecular flexibility index (Phi) is 2.29. The first kappa shape index (κ1) is 11.9. The molecule has 0 radical (unpaired) electrons. The van der Waals surface area contributed by atoms with E-state index in [1.165, 1.54) is 12.1 Å². The summed E-state index contributed by atoms with van der Waals surface area (Å²) in [6.45, 7) is -0.184. The fraction of sp³-hybridized carbons (Fsp3) is 0.0667. The molecule has 1 aromatic carbocycles. The van der Waals surface area contributed by atoms with Crippen LogP contribution in [0.3, 0.4) is 0 Å². The highest BCUT2D eigenvalue weighted by Gasteiger charge is 2.16. The Hall–Kier alpha value is -2.89. The minimum Gasteiger partial charge on any atom is -0.480 e. The van der Waals surface area contributed by atoms with E-state index < -0.39 is 5.97 Å². The average Bonchev–Trinajstić information content (AvgIpc) is 3.01. The second kappa shape index (κ2) is 4.05. The van der Waals surface area contributed by atoms with Crippen molar-refractivity contribution < 1.29 is 14.3 Å². The molecule has 0 spiro atoms. The maximum atomic E-state index is 13.5. The highest BCUT2D eigenvalue weighted by molar-refractivity contribution is 6.13. The van der Waals surface area contributed by atoms with Gasteiger partial charge >= 0.3 is 5.97 Å². The summed E-state index contributed by atoms with van der Waals surface area (Å²) in [6, 6.07) is 8.03. The van der Waals surface area contributed by atoms with Crippen LogP contribution in [-0.2, 0) is 11.3 Å². The maximum absolute atomic E-state index is 13.5. The molecule has 0 aliphatic heterocycles. The number of benzene rings is 1. The van der Waals surface area contributed by atoms with Crippen LogP contribution < -0.4 is 0 Å². The molecule has 5 nitrogen and oxygen atoms in total. The summed E-state index contributed by atoms with van der Waals surface area (Å²) >= 11 is 0. The van der Waals surface area contributed by atoms with E-state index in [2.05, 4.69) is 5.10 Å². The van der Waals surface area contributed by atoms with E-state index in [4.69, 9.17) is 5.11 Å². The van der Waals surface area contributed by atoms with Crippen molar-refractivity contribution in [1.29, 1.82) is 0 Å². The molecule has 0 bridgehead atoms. The van der Waals surface area contributed by atoms with Gasteiger partial charge in [-0.1, -0.05) is 0 Å². The number of aromatic nitrogens is 3. The molecule has 104 valence electrons. The van der Waals surface area contributed by atoms with Crippen molar-refractivity contribution in [3.63, 3.8) is 0 Å². The lowest BCUT2D eigenvalue weighted by atomic mass is 10.2. The van der Waals surface area contributed by atoms with Gasteiger partial charge in [-0.15, -0.1) is 0 Å². The number of fused-ring (bicyclic) bond motifs is 5. The zero-order chi connectivity index (χ0) is 14.6. The van der Waals surface area contributed by atoms with Crippen molar-refractivity contribution in [3.8, 4) is 0 Å². The van der Waals surface area contributed by atoms with Crippen LogP contribution >= 0.6 is 0 Å². The van der Waals surface area contributed by atoms with Crippen molar-refractivity contribution in [2.24, 2.45) is 0 Å². The molecule has 0 fully saturated rings. The lowest BCUT2D eigenvalue weighted by Crippen LogP contribution is -2.08. The van der Waals surface area contributed by atoms with E-state index in [1.807, 2.05) is 12.1 Å². The average molecular weight is 283 g/mol. The number of carboxylic acids is 1. The molecule has 3 aromatic heterocycles. The molecule has 0 aliphatic carbocycles. The van der Waals surface area contributed by atoms with Gasteiger partial charge in [0, 0.05) is 22.5 Å². The normalized spacial score (nSPS) is 11.7. The largest absolute Gasteiger partial charge is 0.480 e. The van der Waals surface area contributed by atoms with Gasteiger partial charge in [0.05, 0.1) is 17.2 Å². The van der Waals surface area contributed by atoms with Gasteiger partial charge in [0.15, 0.2) is 0 Å². The summed E-state index contributed by atoms with van der Waals surface area (Å²) in [5.74, 6) is -1.29. The van der Waals surface area contributed by atoms with Crippen LogP contribution in [0.15, 0.2) is 42.7 Å². The lowest BCUT2D eigenvalue weighted by molar-refractivity contribution is -0.137. The third-order valence-electron chi connectivity index (χ3n) is 3.65. The summed E-state index contributed by atoms with van der Waals surface area (Å²) in [5, 5.41) is 14.8. The van der Waals surface area contributed by atoms with E-state index in [0.717, 1.165) is 16.4 Å². The van der Waals surface area contributed by atoms with Crippen LogP contribution in [0.2, 0.25) is 0 Å². The smallest absolute Gasteiger partial charge is 0.323 e. The van der Waals surface area contributed by atoms with Crippen LogP contribution in [0.1, 0.15) is 0 Å². The standard InChI is InChI=1S/C15H10FN3O2/c16-9-1-2-12-11(7-9)10-4-6-19-13(3-5-17-19)15(10)18(12)8-14(20)21/h1-7H,8H2,(H,20,21). The number of carbonyl (C=O) groups is 1. The topological polar surface area (TPSA) is 59.5 Å². The number of nitrogens with zero attached hydrogens (tertiary/aromatic N) is 3. The third-order valence-corrected chi connectivity index (χ3v) is 3.65. The minimum atomic E-state index is -0.945. The molecular formula is C15H10FN3O2. The minimum absolute atomic E-state index is 0.184. The monoisotopic (exact) mass is 283 g/mol. The first-order chi connectivity index (χ1) is 10.1. The number of hydrogen-bond acceptors (Lipinski definition) is 2. The Bertz CT molecular complexity index is 1020.